The van der Waals surface area contributed by atoms with Gasteiger partial charge in [0.2, 0.25) is 5.78 Å². The van der Waals surface area contributed by atoms with E-state index in [1.807, 2.05) is 6.92 Å². The number of aromatic amines is 2. The van der Waals surface area contributed by atoms with Gasteiger partial charge >= 0.3 is 0 Å². The number of fused-ring (bicyclic) bond motifs is 2. The molecule has 1 amide bonds. The molecule has 0 saturated heterocycles. The Kier molecular flexibility index (Phi) is 4.42. The largest absolute Gasteiger partial charge is 0.506 e. The summed E-state index contributed by atoms with van der Waals surface area (Å²) in [6, 6.07) is 11.8. The molecule has 4 aromatic rings. The van der Waals surface area contributed by atoms with Gasteiger partial charge in [0.15, 0.2) is 0 Å². The highest BCUT2D eigenvalue weighted by molar-refractivity contribution is 6.36. The molecular weight excluding hydrogens is 424 g/mol. The Hall–Kier alpha value is -4.66. The van der Waals surface area contributed by atoms with Crippen LogP contribution in [0.1, 0.15) is 21.5 Å². The number of pyridine rings is 1. The first kappa shape index (κ1) is 20.3. The van der Waals surface area contributed by atoms with E-state index in [0.717, 1.165) is 11.6 Å². The van der Waals surface area contributed by atoms with E-state index in [1.54, 1.807) is 49.5 Å². The van der Waals surface area contributed by atoms with Crippen molar-refractivity contribution in [3.63, 3.8) is 0 Å². The second kappa shape index (κ2) is 7.20. The Bertz CT molecular complexity index is 1650. The zero-order chi connectivity index (χ0) is 23.4. The molecule has 0 unspecified atom stereocenters. The van der Waals surface area contributed by atoms with Crippen LogP contribution in [0.3, 0.4) is 0 Å². The minimum atomic E-state index is -0.668. The van der Waals surface area contributed by atoms with E-state index in [2.05, 4.69) is 15.5 Å². The number of para-hydroxylation sites is 1. The van der Waals surface area contributed by atoms with Crippen LogP contribution < -0.4 is 16.4 Å². The summed E-state index contributed by atoms with van der Waals surface area (Å²) >= 11 is 0. The zero-order valence-corrected chi connectivity index (χ0v) is 17.6. The lowest BCUT2D eigenvalue weighted by molar-refractivity contribution is -0.112. The Morgan fingerprint density at radius 3 is 2.55 bits per heavy atom. The van der Waals surface area contributed by atoms with Gasteiger partial charge in [-0.15, -0.1) is 0 Å². The highest BCUT2D eigenvalue weighted by Crippen LogP contribution is 2.34. The van der Waals surface area contributed by atoms with Crippen molar-refractivity contribution >= 4 is 34.4 Å². The third kappa shape index (κ3) is 3.01. The number of benzene rings is 2. The summed E-state index contributed by atoms with van der Waals surface area (Å²) < 4.78 is 1.35. The van der Waals surface area contributed by atoms with Gasteiger partial charge in [-0.1, -0.05) is 23.8 Å². The van der Waals surface area contributed by atoms with Crippen molar-refractivity contribution in [2.24, 2.45) is 7.05 Å². The molecular formula is C24H18N4O5. The van der Waals surface area contributed by atoms with Gasteiger partial charge in [-0.05, 0) is 37.3 Å². The van der Waals surface area contributed by atoms with E-state index in [0.29, 0.717) is 22.2 Å². The summed E-state index contributed by atoms with van der Waals surface area (Å²) in [7, 11) is 1.55. The third-order valence-corrected chi connectivity index (χ3v) is 5.79. The van der Waals surface area contributed by atoms with Crippen LogP contribution in [0, 0.1) is 6.92 Å². The molecule has 0 aliphatic carbocycles. The van der Waals surface area contributed by atoms with Crippen LogP contribution >= 0.6 is 0 Å². The van der Waals surface area contributed by atoms with Crippen molar-refractivity contribution in [2.75, 3.05) is 5.32 Å². The average Bonchev–Trinajstić information content (AvgIpc) is 3.15. The zero-order valence-electron chi connectivity index (χ0n) is 17.6. The van der Waals surface area contributed by atoms with Crippen LogP contribution in [0.2, 0.25) is 0 Å². The van der Waals surface area contributed by atoms with E-state index in [-0.39, 0.29) is 28.1 Å². The Morgan fingerprint density at radius 1 is 1.00 bits per heavy atom. The number of Topliss-reactive ketones (excluding diaryl/α,β-unsaturated/α-hetero) is 1. The fourth-order valence-corrected chi connectivity index (χ4v) is 4.08. The normalized spacial score (nSPS) is 14.5. The van der Waals surface area contributed by atoms with Gasteiger partial charge in [0.1, 0.15) is 11.3 Å². The molecule has 5 rings (SSSR count). The first-order chi connectivity index (χ1) is 15.8. The first-order valence-electron chi connectivity index (χ1n) is 10.1. The van der Waals surface area contributed by atoms with Crippen LogP contribution in [0.25, 0.3) is 28.2 Å². The molecule has 9 heteroatoms. The summed E-state index contributed by atoms with van der Waals surface area (Å²) in [5.41, 5.74) is 0.287. The maximum atomic E-state index is 13.1. The monoisotopic (exact) mass is 442 g/mol. The molecule has 164 valence electrons. The number of nitrogens with one attached hydrogen (secondary N) is 3. The number of hydrogen-bond acceptors (Lipinski definition) is 5. The molecule has 9 nitrogen and oxygen atoms in total. The van der Waals surface area contributed by atoms with E-state index in [1.165, 1.54) is 4.57 Å². The summed E-state index contributed by atoms with van der Waals surface area (Å²) in [6.45, 7) is 1.82. The molecule has 1 aliphatic rings. The van der Waals surface area contributed by atoms with Crippen LogP contribution in [-0.2, 0) is 11.8 Å². The summed E-state index contributed by atoms with van der Waals surface area (Å²) in [6.07, 6.45) is 1.14. The summed E-state index contributed by atoms with van der Waals surface area (Å²) in [5.74, 6) is -1.53. The lowest BCUT2D eigenvalue weighted by Gasteiger charge is -2.18. The summed E-state index contributed by atoms with van der Waals surface area (Å²) in [4.78, 5) is 51.4. The van der Waals surface area contributed by atoms with Crippen molar-refractivity contribution in [2.45, 2.75) is 6.92 Å². The average molecular weight is 442 g/mol. The number of aryl methyl sites for hydroxylation is 2. The molecule has 0 fully saturated rings. The maximum Gasteiger partial charge on any atom is 0.271 e. The molecule has 2 aromatic carbocycles. The van der Waals surface area contributed by atoms with E-state index in [4.69, 9.17) is 0 Å². The van der Waals surface area contributed by atoms with Crippen LogP contribution in [-0.4, -0.2) is 31.6 Å². The predicted molar refractivity (Wildman–Crippen MR) is 123 cm³/mol. The van der Waals surface area contributed by atoms with Crippen LogP contribution in [0.15, 0.2) is 57.6 Å². The van der Waals surface area contributed by atoms with Gasteiger partial charge in [0, 0.05) is 18.0 Å². The molecule has 33 heavy (non-hydrogen) atoms. The fraction of sp³-hybridized carbons (Fsp3) is 0.0833. The number of aromatic hydroxyl groups is 1. The van der Waals surface area contributed by atoms with Crippen LogP contribution in [0.4, 0.5) is 5.69 Å². The van der Waals surface area contributed by atoms with Gasteiger partial charge < -0.3 is 15.0 Å². The lowest BCUT2D eigenvalue weighted by Crippen LogP contribution is -2.28. The second-order valence-electron chi connectivity index (χ2n) is 7.86. The van der Waals surface area contributed by atoms with Crippen molar-refractivity contribution in [1.29, 1.82) is 0 Å². The van der Waals surface area contributed by atoms with Crippen molar-refractivity contribution in [1.82, 2.24) is 14.8 Å². The molecule has 0 saturated carbocycles. The minimum Gasteiger partial charge on any atom is -0.506 e. The quantitative estimate of drug-likeness (QED) is 0.279. The van der Waals surface area contributed by atoms with Gasteiger partial charge in [-0.3, -0.25) is 29.4 Å². The Labute approximate surface area is 186 Å². The number of H-pyrrole nitrogens is 2. The number of carbonyl (C=O) groups is 2. The molecule has 4 N–H and O–H groups in total. The second-order valence-corrected chi connectivity index (χ2v) is 7.86. The highest BCUT2D eigenvalue weighted by atomic mass is 16.3. The van der Waals surface area contributed by atoms with E-state index in [9.17, 15) is 24.3 Å². The third-order valence-electron chi connectivity index (χ3n) is 5.79. The van der Waals surface area contributed by atoms with E-state index >= 15 is 0 Å². The number of carbonyl (C=O) groups excluding carboxylic acids is 2. The SMILES string of the molecule is Cc1ccc2c(c1)C(=O)/C(=C/c1c(-c3c(O)c4ccccc4n(C)c3=O)[nH][nH]c1=O)C(=O)N2. The number of hydrogen-bond donors (Lipinski definition) is 4. The van der Waals surface area contributed by atoms with Crippen molar-refractivity contribution < 1.29 is 14.7 Å². The first-order valence-corrected chi connectivity index (χ1v) is 10.1. The van der Waals surface area contributed by atoms with Gasteiger partial charge in [0.25, 0.3) is 17.0 Å². The van der Waals surface area contributed by atoms with Gasteiger partial charge in [-0.2, -0.15) is 0 Å². The molecule has 1 aliphatic heterocycles. The Balaban J connectivity index is 1.74. The van der Waals surface area contributed by atoms with Crippen molar-refractivity contribution in [3.05, 3.63) is 85.4 Å². The number of anilines is 1. The number of nitrogens with zero attached hydrogens (tertiary/aromatic N) is 1. The van der Waals surface area contributed by atoms with Gasteiger partial charge in [-0.25, -0.2) is 0 Å². The predicted octanol–water partition coefficient (Wildman–Crippen LogP) is 2.45. The number of aromatic nitrogens is 3. The smallest absolute Gasteiger partial charge is 0.271 e. The summed E-state index contributed by atoms with van der Waals surface area (Å²) in [5, 5.41) is 18.9. The lowest BCUT2D eigenvalue weighted by atomic mass is 9.93. The highest BCUT2D eigenvalue weighted by Gasteiger charge is 2.30. The Morgan fingerprint density at radius 2 is 1.76 bits per heavy atom. The van der Waals surface area contributed by atoms with Gasteiger partial charge in [0.05, 0.1) is 28.0 Å². The number of amides is 1. The topological polar surface area (TPSA) is 137 Å². The van der Waals surface area contributed by atoms with Crippen LogP contribution in [0.5, 0.6) is 5.75 Å². The molecule has 0 bridgehead atoms. The number of ketones is 1. The fourth-order valence-electron chi connectivity index (χ4n) is 4.08. The standard InChI is InChI=1S/C24H18N4O5/c1-11-7-8-16-13(9-11)20(29)15(22(31)25-16)10-14-19(26-27-23(14)32)18-21(30)12-5-3-4-6-17(12)28(2)24(18)33/h3-10,30H,1-2H3,(H,25,31)(H2,26,27,32)/b15-10-. The molecule has 0 radical (unpaired) electrons. The number of rotatable bonds is 2. The van der Waals surface area contributed by atoms with Crippen molar-refractivity contribution in [3.8, 4) is 17.0 Å². The maximum absolute atomic E-state index is 13.1. The molecule has 0 spiro atoms. The molecule has 0 atom stereocenters. The molecule has 2 aromatic heterocycles. The molecule has 3 heterocycles. The van der Waals surface area contributed by atoms with E-state index < -0.39 is 22.8 Å². The minimum absolute atomic E-state index is 0.0213.